The maximum absolute atomic E-state index is 13.5. The SMILES string of the molecule is CC(C)OC(O[Si]CCc1cc(F)c(F)c(F)c1F)OC(C)C. The van der Waals surface area contributed by atoms with Gasteiger partial charge in [0.25, 0.3) is 6.48 Å². The first-order valence-corrected chi connectivity index (χ1v) is 8.35. The fourth-order valence-corrected chi connectivity index (χ4v) is 2.38. The van der Waals surface area contributed by atoms with Gasteiger partial charge in [0.15, 0.2) is 23.3 Å². The first kappa shape index (κ1) is 20.1. The van der Waals surface area contributed by atoms with Crippen molar-refractivity contribution in [3.63, 3.8) is 0 Å². The molecule has 0 unspecified atom stereocenters. The second kappa shape index (κ2) is 9.36. The van der Waals surface area contributed by atoms with E-state index < -0.39 is 29.7 Å². The molecular weight excluding hydrogens is 332 g/mol. The number of aryl methyl sites for hydroxylation is 1. The summed E-state index contributed by atoms with van der Waals surface area (Å²) in [5.74, 6) is -6.39. The molecule has 0 saturated heterocycles. The second-order valence-electron chi connectivity index (χ2n) is 5.38. The number of benzene rings is 1. The second-order valence-corrected chi connectivity index (χ2v) is 6.40. The van der Waals surface area contributed by atoms with Gasteiger partial charge in [-0.15, -0.1) is 0 Å². The fourth-order valence-electron chi connectivity index (χ4n) is 1.65. The van der Waals surface area contributed by atoms with Crippen molar-refractivity contribution in [2.45, 2.75) is 58.8 Å². The number of halogens is 4. The van der Waals surface area contributed by atoms with Gasteiger partial charge in [0.2, 0.25) is 9.76 Å². The number of hydrogen-bond acceptors (Lipinski definition) is 3. The van der Waals surface area contributed by atoms with Crippen LogP contribution >= 0.6 is 0 Å². The Morgan fingerprint density at radius 3 is 2.00 bits per heavy atom. The molecule has 0 aliphatic rings. The van der Waals surface area contributed by atoms with E-state index in [4.69, 9.17) is 13.9 Å². The van der Waals surface area contributed by atoms with Crippen LogP contribution in [0.1, 0.15) is 33.3 Å². The zero-order chi connectivity index (χ0) is 17.6. The van der Waals surface area contributed by atoms with Crippen molar-refractivity contribution < 1.29 is 31.5 Å². The lowest BCUT2D eigenvalue weighted by molar-refractivity contribution is -0.275. The summed E-state index contributed by atoms with van der Waals surface area (Å²) in [7, 11) is -0.131. The van der Waals surface area contributed by atoms with Crippen LogP contribution in [0.15, 0.2) is 6.07 Å². The molecule has 0 amide bonds. The first-order valence-electron chi connectivity index (χ1n) is 7.23. The Bertz CT molecular complexity index is 502. The molecule has 0 heterocycles. The van der Waals surface area contributed by atoms with Crippen molar-refractivity contribution >= 4 is 9.76 Å². The van der Waals surface area contributed by atoms with Gasteiger partial charge in [0.1, 0.15) is 0 Å². The topological polar surface area (TPSA) is 27.7 Å². The minimum atomic E-state index is -1.80. The Kier molecular flexibility index (Phi) is 8.17. The molecule has 0 aromatic heterocycles. The standard InChI is InChI=1S/C15H20F4O3Si/c1-8(2)20-15(21-9(3)4)22-23-6-5-10-7-11(16)13(18)14(19)12(10)17/h7-9,15H,5-6H2,1-4H3. The summed E-state index contributed by atoms with van der Waals surface area (Å²) < 4.78 is 68.8. The third-order valence-corrected chi connectivity index (χ3v) is 3.43. The third-order valence-electron chi connectivity index (χ3n) is 2.62. The van der Waals surface area contributed by atoms with Crippen LogP contribution in [0.4, 0.5) is 17.6 Å². The molecular formula is C15H20F4O3Si. The van der Waals surface area contributed by atoms with E-state index in [0.717, 1.165) is 0 Å². The van der Waals surface area contributed by atoms with Crippen LogP contribution in [0, 0.1) is 23.3 Å². The molecule has 0 spiro atoms. The van der Waals surface area contributed by atoms with Crippen LogP contribution in [-0.4, -0.2) is 28.4 Å². The fraction of sp³-hybridized carbons (Fsp3) is 0.600. The zero-order valence-corrected chi connectivity index (χ0v) is 14.5. The van der Waals surface area contributed by atoms with Gasteiger partial charge in [-0.05, 0) is 51.8 Å². The van der Waals surface area contributed by atoms with Crippen molar-refractivity contribution in [1.29, 1.82) is 0 Å². The van der Waals surface area contributed by atoms with Gasteiger partial charge in [-0.25, -0.2) is 17.6 Å². The maximum atomic E-state index is 13.5. The zero-order valence-electron chi connectivity index (χ0n) is 13.5. The Hall–Kier alpha value is -0.963. The van der Waals surface area contributed by atoms with Gasteiger partial charge in [-0.2, -0.15) is 0 Å². The molecule has 0 bridgehead atoms. The van der Waals surface area contributed by atoms with Crippen molar-refractivity contribution in [3.8, 4) is 0 Å². The summed E-state index contributed by atoms with van der Waals surface area (Å²) in [6, 6.07) is 0.950. The van der Waals surface area contributed by atoms with E-state index >= 15 is 0 Å². The normalized spacial score (nSPS) is 12.0. The molecule has 0 saturated carbocycles. The predicted molar refractivity (Wildman–Crippen MR) is 77.9 cm³/mol. The maximum Gasteiger partial charge on any atom is 0.262 e. The molecule has 0 N–H and O–H groups in total. The highest BCUT2D eigenvalue weighted by atomic mass is 28.2. The highest BCUT2D eigenvalue weighted by Gasteiger charge is 2.19. The van der Waals surface area contributed by atoms with Crippen LogP contribution in [0.25, 0.3) is 0 Å². The lowest BCUT2D eigenvalue weighted by atomic mass is 10.1. The number of rotatable bonds is 9. The lowest BCUT2D eigenvalue weighted by Crippen LogP contribution is -2.28. The van der Waals surface area contributed by atoms with E-state index in [9.17, 15) is 17.6 Å². The molecule has 1 aromatic rings. The summed E-state index contributed by atoms with van der Waals surface area (Å²) in [6.45, 7) is 6.43. The van der Waals surface area contributed by atoms with Crippen LogP contribution in [-0.2, 0) is 20.3 Å². The van der Waals surface area contributed by atoms with Gasteiger partial charge < -0.3 is 13.9 Å². The Morgan fingerprint density at radius 1 is 0.913 bits per heavy atom. The smallest absolute Gasteiger partial charge is 0.262 e. The minimum absolute atomic E-state index is 0.00841. The van der Waals surface area contributed by atoms with Crippen molar-refractivity contribution in [1.82, 2.24) is 0 Å². The van der Waals surface area contributed by atoms with E-state index in [1.807, 2.05) is 27.7 Å². The van der Waals surface area contributed by atoms with E-state index in [1.165, 1.54) is 0 Å². The third kappa shape index (κ3) is 6.58. The largest absolute Gasteiger partial charge is 0.372 e. The van der Waals surface area contributed by atoms with Gasteiger partial charge in [0, 0.05) is 0 Å². The van der Waals surface area contributed by atoms with Gasteiger partial charge in [0.05, 0.1) is 12.2 Å². The number of hydrogen-bond donors (Lipinski definition) is 0. The van der Waals surface area contributed by atoms with Crippen LogP contribution < -0.4 is 0 Å². The molecule has 1 aromatic carbocycles. The van der Waals surface area contributed by atoms with Gasteiger partial charge >= 0.3 is 0 Å². The van der Waals surface area contributed by atoms with E-state index in [0.29, 0.717) is 12.1 Å². The Labute approximate surface area is 135 Å². The monoisotopic (exact) mass is 352 g/mol. The quantitative estimate of drug-likeness (QED) is 0.168. The summed E-state index contributed by atoms with van der Waals surface area (Å²) in [4.78, 5) is 0. The van der Waals surface area contributed by atoms with Crippen molar-refractivity contribution in [3.05, 3.63) is 34.9 Å². The van der Waals surface area contributed by atoms with Crippen LogP contribution in [0.2, 0.25) is 6.04 Å². The van der Waals surface area contributed by atoms with Crippen LogP contribution in [0.3, 0.4) is 0 Å². The minimum Gasteiger partial charge on any atom is -0.372 e. The van der Waals surface area contributed by atoms with E-state index in [2.05, 4.69) is 0 Å². The molecule has 0 fully saturated rings. The van der Waals surface area contributed by atoms with E-state index in [1.54, 1.807) is 0 Å². The molecule has 23 heavy (non-hydrogen) atoms. The van der Waals surface area contributed by atoms with E-state index in [-0.39, 0.29) is 34.0 Å². The highest BCUT2D eigenvalue weighted by molar-refractivity contribution is 6.27. The van der Waals surface area contributed by atoms with Gasteiger partial charge in [-0.3, -0.25) is 0 Å². The Balaban J connectivity index is 2.53. The summed E-state index contributed by atoms with van der Waals surface area (Å²) >= 11 is 0. The average Bonchev–Trinajstić information content (AvgIpc) is 2.45. The molecule has 2 radical (unpaired) electrons. The summed E-state index contributed by atoms with van der Waals surface area (Å²) in [5.41, 5.74) is -0.233. The molecule has 0 aliphatic heterocycles. The Morgan fingerprint density at radius 2 is 1.48 bits per heavy atom. The molecule has 1 rings (SSSR count). The van der Waals surface area contributed by atoms with Crippen molar-refractivity contribution in [2.75, 3.05) is 0 Å². The highest BCUT2D eigenvalue weighted by Crippen LogP contribution is 2.20. The van der Waals surface area contributed by atoms with Crippen molar-refractivity contribution in [2.24, 2.45) is 0 Å². The molecule has 8 heteroatoms. The lowest BCUT2D eigenvalue weighted by Gasteiger charge is -2.22. The van der Waals surface area contributed by atoms with Crippen LogP contribution in [0.5, 0.6) is 0 Å². The molecule has 3 nitrogen and oxygen atoms in total. The molecule has 130 valence electrons. The first-order chi connectivity index (χ1) is 10.7. The average molecular weight is 352 g/mol. The summed E-state index contributed by atoms with van der Waals surface area (Å²) in [5, 5.41) is 0. The summed E-state index contributed by atoms with van der Waals surface area (Å²) in [6.07, 6.45) is -0.211. The number of ether oxygens (including phenoxy) is 2. The molecule has 0 aliphatic carbocycles. The van der Waals surface area contributed by atoms with Gasteiger partial charge in [-0.1, -0.05) is 0 Å². The predicted octanol–water partition coefficient (Wildman–Crippen LogP) is 3.97. The molecule has 0 atom stereocenters.